The first-order valence-electron chi connectivity index (χ1n) is 11.3. The maximum absolute atomic E-state index is 6.59. The van der Waals surface area contributed by atoms with E-state index in [0.717, 1.165) is 24.5 Å². The van der Waals surface area contributed by atoms with E-state index in [-0.39, 0.29) is 12.1 Å². The molecular formula is C28H33NO2Si. The van der Waals surface area contributed by atoms with Crippen molar-refractivity contribution in [3.8, 4) is 5.75 Å². The van der Waals surface area contributed by atoms with Gasteiger partial charge in [-0.15, -0.1) is 0 Å². The van der Waals surface area contributed by atoms with Crippen LogP contribution in [-0.2, 0) is 11.0 Å². The molecule has 3 aromatic rings. The van der Waals surface area contributed by atoms with Crippen LogP contribution in [0.3, 0.4) is 0 Å². The summed E-state index contributed by atoms with van der Waals surface area (Å²) in [5, 5.41) is 0. The molecule has 1 aliphatic rings. The number of para-hydroxylation sites is 1. The first-order chi connectivity index (χ1) is 15.4. The summed E-state index contributed by atoms with van der Waals surface area (Å²) in [4.78, 5) is 2.58. The Morgan fingerprint density at radius 2 is 1.47 bits per heavy atom. The Hall–Kier alpha value is -2.82. The highest BCUT2D eigenvalue weighted by Crippen LogP contribution is 2.45. The summed E-state index contributed by atoms with van der Waals surface area (Å²) in [5.41, 5.74) is 3.78. The summed E-state index contributed by atoms with van der Waals surface area (Å²) >= 11 is 0. The normalized spacial score (nSPS) is 19.3. The van der Waals surface area contributed by atoms with Crippen LogP contribution >= 0.6 is 0 Å². The van der Waals surface area contributed by atoms with E-state index in [9.17, 15) is 0 Å². The summed E-state index contributed by atoms with van der Waals surface area (Å²) in [7, 11) is 0.0153. The predicted octanol–water partition coefficient (Wildman–Crippen LogP) is 7.12. The number of benzene rings is 3. The Bertz CT molecular complexity index is 1040. The molecular weight excluding hydrogens is 410 g/mol. The second-order valence-corrected chi connectivity index (χ2v) is 13.8. The van der Waals surface area contributed by atoms with E-state index in [4.69, 9.17) is 9.16 Å². The number of ether oxygens (including phenoxy) is 1. The Morgan fingerprint density at radius 1 is 0.844 bits per heavy atom. The summed E-state index contributed by atoms with van der Waals surface area (Å²) < 4.78 is 12.4. The van der Waals surface area contributed by atoms with Crippen LogP contribution in [0.4, 0.5) is 0 Å². The van der Waals surface area contributed by atoms with Crippen LogP contribution in [0.25, 0.3) is 0 Å². The lowest BCUT2D eigenvalue weighted by atomic mass is 9.90. The average Bonchev–Trinajstić information content (AvgIpc) is 2.80. The molecule has 3 nitrogen and oxygen atoms in total. The largest absolute Gasteiger partial charge is 0.547 e. The van der Waals surface area contributed by atoms with Crippen LogP contribution in [0.15, 0.2) is 96.8 Å². The van der Waals surface area contributed by atoms with Gasteiger partial charge in [0.05, 0.1) is 18.9 Å². The van der Waals surface area contributed by atoms with Crippen LogP contribution in [-0.4, -0.2) is 20.3 Å². The summed E-state index contributed by atoms with van der Waals surface area (Å²) in [5.74, 6) is 2.02. The van der Waals surface area contributed by atoms with E-state index < -0.39 is 8.32 Å². The molecule has 3 aromatic carbocycles. The fourth-order valence-corrected chi connectivity index (χ4v) is 5.42. The second-order valence-electron chi connectivity index (χ2n) is 9.32. The molecule has 2 atom stereocenters. The van der Waals surface area contributed by atoms with Crippen molar-refractivity contribution in [1.82, 2.24) is 4.90 Å². The maximum Gasteiger partial charge on any atom is 0.241 e. The van der Waals surface area contributed by atoms with Crippen molar-refractivity contribution in [3.63, 3.8) is 0 Å². The average molecular weight is 444 g/mol. The van der Waals surface area contributed by atoms with E-state index in [2.05, 4.69) is 109 Å². The maximum atomic E-state index is 6.59. The van der Waals surface area contributed by atoms with Crippen LogP contribution in [0.5, 0.6) is 5.75 Å². The zero-order valence-electron chi connectivity index (χ0n) is 19.5. The highest BCUT2D eigenvalue weighted by atomic mass is 28.4. The zero-order valence-corrected chi connectivity index (χ0v) is 20.5. The molecule has 0 bridgehead atoms. The van der Waals surface area contributed by atoms with E-state index in [0.29, 0.717) is 0 Å². The van der Waals surface area contributed by atoms with Crippen molar-refractivity contribution in [1.29, 1.82) is 0 Å². The second kappa shape index (κ2) is 9.76. The van der Waals surface area contributed by atoms with Gasteiger partial charge in [-0.05, 0) is 42.9 Å². The fraction of sp³-hybridized carbons (Fsp3) is 0.286. The van der Waals surface area contributed by atoms with Gasteiger partial charge >= 0.3 is 0 Å². The van der Waals surface area contributed by atoms with Crippen LogP contribution in [0.2, 0.25) is 19.6 Å². The van der Waals surface area contributed by atoms with E-state index in [1.165, 1.54) is 16.7 Å². The van der Waals surface area contributed by atoms with Crippen LogP contribution in [0.1, 0.15) is 35.2 Å². The van der Waals surface area contributed by atoms with Gasteiger partial charge < -0.3 is 9.16 Å². The molecule has 1 aliphatic heterocycles. The fourth-order valence-electron chi connectivity index (χ4n) is 4.48. The molecule has 0 unspecified atom stereocenters. The number of hydrogen-bond acceptors (Lipinski definition) is 3. The first kappa shape index (κ1) is 22.4. The van der Waals surface area contributed by atoms with Crippen molar-refractivity contribution in [2.45, 2.75) is 44.7 Å². The van der Waals surface area contributed by atoms with E-state index in [1.807, 2.05) is 6.07 Å². The highest BCUT2D eigenvalue weighted by Gasteiger charge is 2.36. The molecule has 0 radical (unpaired) electrons. The minimum Gasteiger partial charge on any atom is -0.547 e. The molecule has 0 saturated heterocycles. The predicted molar refractivity (Wildman–Crippen MR) is 134 cm³/mol. The summed E-state index contributed by atoms with van der Waals surface area (Å²) in [6, 6.07) is 30.1. The number of rotatable bonds is 7. The van der Waals surface area contributed by atoms with Crippen LogP contribution in [0, 0.1) is 0 Å². The van der Waals surface area contributed by atoms with Crippen LogP contribution < -0.4 is 4.74 Å². The van der Waals surface area contributed by atoms with Gasteiger partial charge in [-0.25, -0.2) is 0 Å². The summed E-state index contributed by atoms with van der Waals surface area (Å²) in [6.45, 7) is 7.60. The molecule has 0 fully saturated rings. The molecule has 0 amide bonds. The smallest absolute Gasteiger partial charge is 0.241 e. The topological polar surface area (TPSA) is 21.7 Å². The number of hydrogen-bond donors (Lipinski definition) is 0. The van der Waals surface area contributed by atoms with Gasteiger partial charge in [0.15, 0.2) is 0 Å². The lowest BCUT2D eigenvalue weighted by Crippen LogP contribution is -2.37. The van der Waals surface area contributed by atoms with Gasteiger partial charge in [0.2, 0.25) is 8.32 Å². The zero-order chi connectivity index (χ0) is 22.6. The minimum atomic E-state index is -1.74. The molecule has 166 valence electrons. The molecule has 4 heteroatoms. The Kier molecular flexibility index (Phi) is 6.82. The van der Waals surface area contributed by atoms with Gasteiger partial charge in [-0.1, -0.05) is 78.9 Å². The number of methoxy groups -OCH3 is 1. The quantitative estimate of drug-likeness (QED) is 0.363. The highest BCUT2D eigenvalue weighted by molar-refractivity contribution is 6.70. The SMILES string of the molecule is COc1ccccc1[C@@H]1CC(O[Si](C)(C)C)=C[C@H](c2ccccc2)N1Cc1ccccc1. The molecule has 4 rings (SSSR count). The van der Waals surface area contributed by atoms with Gasteiger partial charge in [-0.2, -0.15) is 0 Å². The van der Waals surface area contributed by atoms with Crippen molar-refractivity contribution in [3.05, 3.63) is 113 Å². The van der Waals surface area contributed by atoms with Gasteiger partial charge in [-0.3, -0.25) is 4.90 Å². The third-order valence-electron chi connectivity index (χ3n) is 5.78. The lowest BCUT2D eigenvalue weighted by molar-refractivity contribution is 0.117. The van der Waals surface area contributed by atoms with Crippen molar-refractivity contribution in [2.24, 2.45) is 0 Å². The minimum absolute atomic E-state index is 0.117. The van der Waals surface area contributed by atoms with Crippen molar-refractivity contribution < 1.29 is 9.16 Å². The van der Waals surface area contributed by atoms with Gasteiger partial charge in [0.25, 0.3) is 0 Å². The standard InChI is InChI=1S/C28H33NO2Si/c1-30-28-18-12-11-17-25(28)27-20-24(31-32(2,3)4)19-26(23-15-9-6-10-16-23)29(27)21-22-13-7-5-8-14-22/h5-19,26-27H,20-21H2,1-4H3/t26-,27+/m1/s1. The monoisotopic (exact) mass is 443 g/mol. The van der Waals surface area contributed by atoms with E-state index >= 15 is 0 Å². The van der Waals surface area contributed by atoms with Crippen molar-refractivity contribution >= 4 is 8.32 Å². The van der Waals surface area contributed by atoms with Gasteiger partial charge in [0, 0.05) is 24.6 Å². The van der Waals surface area contributed by atoms with Gasteiger partial charge in [0.1, 0.15) is 5.75 Å². The van der Waals surface area contributed by atoms with E-state index in [1.54, 1.807) is 7.11 Å². The summed E-state index contributed by atoms with van der Waals surface area (Å²) in [6.07, 6.45) is 3.17. The molecule has 0 aliphatic carbocycles. The molecule has 32 heavy (non-hydrogen) atoms. The Morgan fingerprint density at radius 3 is 2.12 bits per heavy atom. The molecule has 1 heterocycles. The first-order valence-corrected chi connectivity index (χ1v) is 14.7. The molecule has 0 aromatic heterocycles. The van der Waals surface area contributed by atoms with Crippen molar-refractivity contribution in [2.75, 3.05) is 7.11 Å². The molecule has 0 spiro atoms. The molecule has 0 N–H and O–H groups in total. The lowest BCUT2D eigenvalue weighted by Gasteiger charge is -2.43. The third kappa shape index (κ3) is 5.32. The third-order valence-corrected chi connectivity index (χ3v) is 6.65. The molecule has 0 saturated carbocycles. The Labute approximate surface area is 193 Å². The Balaban J connectivity index is 1.83. The number of nitrogens with zero attached hydrogens (tertiary/aromatic N) is 1.